The van der Waals surface area contributed by atoms with E-state index in [1.54, 1.807) is 16.2 Å². The minimum atomic E-state index is -0.0214. The monoisotopic (exact) mass is 368 g/mol. The molecule has 1 saturated heterocycles. The predicted molar refractivity (Wildman–Crippen MR) is 100 cm³/mol. The second kappa shape index (κ2) is 7.70. The van der Waals surface area contributed by atoms with Crippen LogP contribution in [0.5, 0.6) is 0 Å². The summed E-state index contributed by atoms with van der Waals surface area (Å²) in [6.45, 7) is 1.92. The summed E-state index contributed by atoms with van der Waals surface area (Å²) in [6, 6.07) is 12.2. The van der Waals surface area contributed by atoms with Gasteiger partial charge in [0.05, 0.1) is 5.92 Å². The van der Waals surface area contributed by atoms with Crippen LogP contribution in [0.1, 0.15) is 23.8 Å². The zero-order valence-corrected chi connectivity index (χ0v) is 15.1. The van der Waals surface area contributed by atoms with Crippen LogP contribution in [0.4, 0.5) is 4.79 Å². The molecule has 3 aromatic rings. The summed E-state index contributed by atoms with van der Waals surface area (Å²) in [6.07, 6.45) is 1.90. The van der Waals surface area contributed by atoms with Crippen LogP contribution in [-0.4, -0.2) is 40.7 Å². The Morgan fingerprint density at radius 2 is 2.12 bits per heavy atom. The summed E-state index contributed by atoms with van der Waals surface area (Å²) >= 11 is 1.60. The number of carbonyl (C=O) groups is 1. The summed E-state index contributed by atoms with van der Waals surface area (Å²) in [5, 5.41) is 11.0. The highest BCUT2D eigenvalue weighted by Crippen LogP contribution is 2.28. The third kappa shape index (κ3) is 3.77. The van der Waals surface area contributed by atoms with Gasteiger partial charge in [0.2, 0.25) is 11.7 Å². The Kier molecular flexibility index (Phi) is 4.97. The van der Waals surface area contributed by atoms with E-state index < -0.39 is 0 Å². The summed E-state index contributed by atoms with van der Waals surface area (Å²) < 4.78 is 5.35. The molecule has 3 heterocycles. The summed E-state index contributed by atoms with van der Waals surface area (Å²) in [5.41, 5.74) is 2.26. The number of rotatable bonds is 6. The molecular formula is C19H20N4O2S. The van der Waals surface area contributed by atoms with Gasteiger partial charge in [0.15, 0.2) is 0 Å². The molecule has 1 fully saturated rings. The smallest absolute Gasteiger partial charge is 0.317 e. The van der Waals surface area contributed by atoms with Crippen molar-refractivity contribution in [3.05, 3.63) is 58.6 Å². The van der Waals surface area contributed by atoms with Crippen molar-refractivity contribution in [1.29, 1.82) is 0 Å². The van der Waals surface area contributed by atoms with E-state index >= 15 is 0 Å². The third-order valence-corrected chi connectivity index (χ3v) is 5.18. The van der Waals surface area contributed by atoms with Gasteiger partial charge in [-0.05, 0) is 29.9 Å². The van der Waals surface area contributed by atoms with Crippen molar-refractivity contribution >= 4 is 17.4 Å². The zero-order chi connectivity index (χ0) is 17.8. The van der Waals surface area contributed by atoms with Crippen LogP contribution in [0.2, 0.25) is 0 Å². The first-order valence-electron chi connectivity index (χ1n) is 8.72. The SMILES string of the molecule is O=C(NCCCc1ccccc1)N1CC(c2nc(-c3ccsc3)no2)C1. The van der Waals surface area contributed by atoms with Crippen molar-refractivity contribution < 1.29 is 9.32 Å². The fourth-order valence-corrected chi connectivity index (χ4v) is 3.59. The molecule has 1 aromatic carbocycles. The Bertz CT molecular complexity index is 842. The number of aryl methyl sites for hydroxylation is 1. The number of aromatic nitrogens is 2. The number of likely N-dealkylation sites (tertiary alicyclic amines) is 1. The number of thiophene rings is 1. The quantitative estimate of drug-likeness (QED) is 0.676. The van der Waals surface area contributed by atoms with Crippen molar-refractivity contribution in [1.82, 2.24) is 20.4 Å². The van der Waals surface area contributed by atoms with E-state index in [1.165, 1.54) is 5.56 Å². The maximum absolute atomic E-state index is 12.2. The number of amides is 2. The van der Waals surface area contributed by atoms with Crippen LogP contribution in [0.3, 0.4) is 0 Å². The molecule has 26 heavy (non-hydrogen) atoms. The van der Waals surface area contributed by atoms with Crippen LogP contribution in [0.15, 0.2) is 51.7 Å². The van der Waals surface area contributed by atoms with E-state index in [9.17, 15) is 4.79 Å². The first-order valence-corrected chi connectivity index (χ1v) is 9.67. The molecule has 1 N–H and O–H groups in total. The normalized spacial score (nSPS) is 14.2. The molecule has 0 saturated carbocycles. The molecule has 2 aromatic heterocycles. The molecule has 0 radical (unpaired) electrons. The van der Waals surface area contributed by atoms with Gasteiger partial charge in [0.1, 0.15) is 0 Å². The van der Waals surface area contributed by atoms with Crippen LogP contribution >= 0.6 is 11.3 Å². The molecular weight excluding hydrogens is 348 g/mol. The number of hydrogen-bond acceptors (Lipinski definition) is 5. The van der Waals surface area contributed by atoms with Gasteiger partial charge >= 0.3 is 6.03 Å². The molecule has 134 valence electrons. The fraction of sp³-hybridized carbons (Fsp3) is 0.316. The number of nitrogens with one attached hydrogen (secondary N) is 1. The lowest BCUT2D eigenvalue weighted by molar-refractivity contribution is 0.137. The number of urea groups is 1. The molecule has 6 nitrogen and oxygen atoms in total. The lowest BCUT2D eigenvalue weighted by atomic mass is 10.0. The number of nitrogens with zero attached hydrogens (tertiary/aromatic N) is 3. The van der Waals surface area contributed by atoms with E-state index in [0.717, 1.165) is 18.4 Å². The molecule has 0 atom stereocenters. The molecule has 7 heteroatoms. The second-order valence-electron chi connectivity index (χ2n) is 6.39. The van der Waals surface area contributed by atoms with Gasteiger partial charge in [-0.2, -0.15) is 16.3 Å². The van der Waals surface area contributed by atoms with Crippen molar-refractivity contribution in [3.63, 3.8) is 0 Å². The molecule has 0 unspecified atom stereocenters. The largest absolute Gasteiger partial charge is 0.339 e. The Labute approximate surface area is 155 Å². The first kappa shape index (κ1) is 16.8. The van der Waals surface area contributed by atoms with Gasteiger partial charge in [-0.1, -0.05) is 35.5 Å². The van der Waals surface area contributed by atoms with Gasteiger partial charge in [0.25, 0.3) is 0 Å². The Morgan fingerprint density at radius 3 is 2.88 bits per heavy atom. The van der Waals surface area contributed by atoms with Gasteiger partial charge in [0, 0.05) is 30.6 Å². The van der Waals surface area contributed by atoms with Crippen molar-refractivity contribution in [3.8, 4) is 11.4 Å². The summed E-state index contributed by atoms with van der Waals surface area (Å²) in [4.78, 5) is 18.4. The van der Waals surface area contributed by atoms with E-state index in [1.807, 2.05) is 35.0 Å². The fourth-order valence-electron chi connectivity index (χ4n) is 2.95. The van der Waals surface area contributed by atoms with E-state index in [-0.39, 0.29) is 11.9 Å². The maximum Gasteiger partial charge on any atom is 0.317 e. The topological polar surface area (TPSA) is 71.3 Å². The lowest BCUT2D eigenvalue weighted by Gasteiger charge is -2.36. The molecule has 0 bridgehead atoms. The second-order valence-corrected chi connectivity index (χ2v) is 7.17. The van der Waals surface area contributed by atoms with Crippen molar-refractivity contribution in [2.45, 2.75) is 18.8 Å². The Morgan fingerprint density at radius 1 is 1.27 bits per heavy atom. The summed E-state index contributed by atoms with van der Waals surface area (Å²) in [7, 11) is 0. The minimum absolute atomic E-state index is 0.0214. The van der Waals surface area contributed by atoms with Gasteiger partial charge < -0.3 is 14.7 Å². The zero-order valence-electron chi connectivity index (χ0n) is 14.3. The minimum Gasteiger partial charge on any atom is -0.339 e. The highest BCUT2D eigenvalue weighted by atomic mass is 32.1. The molecule has 1 aliphatic heterocycles. The standard InChI is InChI=1S/C19H20N4O2S/c24-19(20-9-4-7-14-5-2-1-3-6-14)23-11-16(12-23)18-21-17(22-25-18)15-8-10-26-13-15/h1-3,5-6,8,10,13,16H,4,7,9,11-12H2,(H,20,24). The highest BCUT2D eigenvalue weighted by molar-refractivity contribution is 7.08. The van der Waals surface area contributed by atoms with Crippen LogP contribution in [0, 0.1) is 0 Å². The maximum atomic E-state index is 12.2. The third-order valence-electron chi connectivity index (χ3n) is 4.50. The average molecular weight is 368 g/mol. The number of benzene rings is 1. The number of hydrogen-bond donors (Lipinski definition) is 1. The average Bonchev–Trinajstić information content (AvgIpc) is 3.30. The van der Waals surface area contributed by atoms with E-state index in [0.29, 0.717) is 31.3 Å². The Hall–Kier alpha value is -2.67. The first-order chi connectivity index (χ1) is 12.8. The Balaban J connectivity index is 1.19. The van der Waals surface area contributed by atoms with Crippen molar-refractivity contribution in [2.24, 2.45) is 0 Å². The van der Waals surface area contributed by atoms with Crippen molar-refractivity contribution in [2.75, 3.05) is 19.6 Å². The summed E-state index contributed by atoms with van der Waals surface area (Å²) in [5.74, 6) is 1.36. The van der Waals surface area contributed by atoms with Gasteiger partial charge in [-0.25, -0.2) is 4.79 Å². The molecule has 1 aliphatic rings. The molecule has 0 aliphatic carbocycles. The van der Waals surface area contributed by atoms with E-state index in [4.69, 9.17) is 4.52 Å². The molecule has 0 spiro atoms. The van der Waals surface area contributed by atoms with Gasteiger partial charge in [-0.3, -0.25) is 0 Å². The lowest BCUT2D eigenvalue weighted by Crippen LogP contribution is -2.52. The highest BCUT2D eigenvalue weighted by Gasteiger charge is 2.35. The van der Waals surface area contributed by atoms with Crippen LogP contribution < -0.4 is 5.32 Å². The molecule has 2 amide bonds. The van der Waals surface area contributed by atoms with E-state index in [2.05, 4.69) is 27.6 Å². The predicted octanol–water partition coefficient (Wildman–Crippen LogP) is 3.54. The molecule has 4 rings (SSSR count). The van der Waals surface area contributed by atoms with Gasteiger partial charge in [-0.15, -0.1) is 0 Å². The van der Waals surface area contributed by atoms with Crippen LogP contribution in [0.25, 0.3) is 11.4 Å². The van der Waals surface area contributed by atoms with Crippen LogP contribution in [-0.2, 0) is 6.42 Å². The number of carbonyl (C=O) groups excluding carboxylic acids is 1.